The number of likely N-dealkylation sites (N-methyl/N-ethyl adjacent to an activating group) is 1. The number of carbonyl (C=O) groups is 8. The van der Waals surface area contributed by atoms with E-state index in [2.05, 4.69) is 38.8 Å². The molecule has 2 rings (SSSR count). The third kappa shape index (κ3) is 19.8. The summed E-state index contributed by atoms with van der Waals surface area (Å²) in [7, 11) is 1.42. The standard InChI is InChI=1S/C48H75N7O13/c1-9-10-11-12-13-14-15-16-38(60)50-35(26-57)44(63)54-42(29(4)5)46(65)51-34(25-56)37(59)24-40(62)53-41(28(2)3)45(64)49-32-19-22-39(61)52-43(30(6)7)47(66)55(8)36(48(67)68-27-32)23-31-17-20-33(58)21-18-31/h14-15,17-22,28-30,32,34-37,41-43,56-59H,9-13,16,23-27H2,1-8H3,(H,49,64)(H,50,60)(H,51,65)(H,52,61)(H,53,62)(H,54,63)/b15-14-,22-19?/t32-,34+,35+,36+,37+,41+,42+,43+/m1/s1. The maximum Gasteiger partial charge on any atom is 0.329 e. The van der Waals surface area contributed by atoms with Crippen molar-refractivity contribution in [2.24, 2.45) is 17.8 Å². The molecule has 7 amide bonds. The molecule has 1 aromatic rings. The van der Waals surface area contributed by atoms with Crippen LogP contribution in [-0.4, -0.2) is 148 Å². The van der Waals surface area contributed by atoms with Gasteiger partial charge in [0, 0.05) is 26.0 Å². The van der Waals surface area contributed by atoms with Gasteiger partial charge in [-0.25, -0.2) is 4.79 Å². The number of amides is 7. The van der Waals surface area contributed by atoms with Gasteiger partial charge in [-0.3, -0.25) is 33.6 Å². The van der Waals surface area contributed by atoms with Crippen molar-refractivity contribution < 1.29 is 63.5 Å². The Morgan fingerprint density at radius 1 is 0.824 bits per heavy atom. The highest BCUT2D eigenvalue weighted by atomic mass is 16.5. The molecule has 0 aliphatic carbocycles. The number of hydrogen-bond acceptors (Lipinski definition) is 13. The van der Waals surface area contributed by atoms with E-state index in [9.17, 15) is 58.8 Å². The molecular formula is C48H75N7O13. The van der Waals surface area contributed by atoms with Crippen molar-refractivity contribution in [3.63, 3.8) is 0 Å². The fourth-order valence-corrected chi connectivity index (χ4v) is 7.08. The van der Waals surface area contributed by atoms with Crippen LogP contribution in [0.1, 0.15) is 99.0 Å². The number of aliphatic hydroxyl groups excluding tert-OH is 3. The third-order valence-electron chi connectivity index (χ3n) is 11.3. The minimum absolute atomic E-state index is 0.000292. The summed E-state index contributed by atoms with van der Waals surface area (Å²) in [5, 5.41) is 56.1. The van der Waals surface area contributed by atoms with E-state index >= 15 is 0 Å². The first-order valence-corrected chi connectivity index (χ1v) is 23.4. The molecule has 0 spiro atoms. The number of nitrogens with zero attached hydrogens (tertiary/aromatic N) is 1. The molecule has 20 heteroatoms. The number of aliphatic hydroxyl groups is 3. The number of allylic oxidation sites excluding steroid dienone is 1. The van der Waals surface area contributed by atoms with Gasteiger partial charge in [0.15, 0.2) is 0 Å². The van der Waals surface area contributed by atoms with Gasteiger partial charge in [-0.15, -0.1) is 0 Å². The lowest BCUT2D eigenvalue weighted by Gasteiger charge is -2.32. The average Bonchev–Trinajstić information content (AvgIpc) is 3.28. The number of rotatable bonds is 25. The van der Waals surface area contributed by atoms with E-state index in [0.717, 1.165) is 38.2 Å². The number of esters is 1. The van der Waals surface area contributed by atoms with Crippen LogP contribution >= 0.6 is 0 Å². The number of phenols is 1. The van der Waals surface area contributed by atoms with Crippen LogP contribution in [0.25, 0.3) is 0 Å². The zero-order chi connectivity index (χ0) is 51.1. The van der Waals surface area contributed by atoms with Crippen LogP contribution in [0.5, 0.6) is 5.75 Å². The molecule has 10 N–H and O–H groups in total. The van der Waals surface area contributed by atoms with Crippen LogP contribution in [0, 0.1) is 17.8 Å². The minimum Gasteiger partial charge on any atom is -0.508 e. The van der Waals surface area contributed by atoms with Gasteiger partial charge in [0.25, 0.3) is 0 Å². The van der Waals surface area contributed by atoms with E-state index in [1.165, 1.54) is 30.2 Å². The Bertz CT molecular complexity index is 1890. The Morgan fingerprint density at radius 3 is 2.06 bits per heavy atom. The maximum absolute atomic E-state index is 13.8. The summed E-state index contributed by atoms with van der Waals surface area (Å²) in [6, 6.07) is -2.52. The van der Waals surface area contributed by atoms with Crippen molar-refractivity contribution in [2.45, 2.75) is 148 Å². The summed E-state index contributed by atoms with van der Waals surface area (Å²) in [4.78, 5) is 108. The molecule has 1 aromatic carbocycles. The van der Waals surface area contributed by atoms with Crippen LogP contribution < -0.4 is 31.9 Å². The lowest BCUT2D eigenvalue weighted by atomic mass is 9.99. The number of carbonyl (C=O) groups excluding carboxylic acids is 8. The first-order chi connectivity index (χ1) is 32.1. The molecule has 1 heterocycles. The molecule has 20 nitrogen and oxygen atoms in total. The van der Waals surface area contributed by atoms with Gasteiger partial charge in [0.1, 0.15) is 42.6 Å². The van der Waals surface area contributed by atoms with E-state index in [4.69, 9.17) is 4.74 Å². The average molecular weight is 958 g/mol. The van der Waals surface area contributed by atoms with Crippen molar-refractivity contribution in [1.29, 1.82) is 0 Å². The third-order valence-corrected chi connectivity index (χ3v) is 11.3. The molecule has 1 aliphatic heterocycles. The van der Waals surface area contributed by atoms with Crippen LogP contribution in [-0.2, 0) is 49.5 Å². The smallest absolute Gasteiger partial charge is 0.329 e. The largest absolute Gasteiger partial charge is 0.508 e. The molecule has 0 unspecified atom stereocenters. The van der Waals surface area contributed by atoms with E-state index in [1.54, 1.807) is 59.8 Å². The summed E-state index contributed by atoms with van der Waals surface area (Å²) in [5.74, 6) is -7.25. The van der Waals surface area contributed by atoms with Gasteiger partial charge in [-0.05, 0) is 48.3 Å². The lowest BCUT2D eigenvalue weighted by Crippen LogP contribution is -2.59. The maximum atomic E-state index is 13.8. The molecule has 1 aliphatic rings. The van der Waals surface area contributed by atoms with Gasteiger partial charge in [-0.1, -0.05) is 98.1 Å². The van der Waals surface area contributed by atoms with Gasteiger partial charge in [-0.2, -0.15) is 0 Å². The fraction of sp³-hybridized carbons (Fsp3) is 0.625. The second-order valence-corrected chi connectivity index (χ2v) is 18.1. The van der Waals surface area contributed by atoms with E-state index in [0.29, 0.717) is 5.56 Å². The molecular weight excluding hydrogens is 883 g/mol. The molecule has 0 fully saturated rings. The Balaban J connectivity index is 2.14. The topological polar surface area (TPSA) is 302 Å². The first kappa shape index (κ1) is 58.3. The molecule has 0 saturated carbocycles. The molecule has 380 valence electrons. The highest BCUT2D eigenvalue weighted by Crippen LogP contribution is 2.18. The second kappa shape index (κ2) is 29.8. The Labute approximate surface area is 399 Å². The molecule has 0 radical (unpaired) electrons. The number of aromatic hydroxyl groups is 1. The van der Waals surface area contributed by atoms with Crippen molar-refractivity contribution in [3.05, 3.63) is 54.1 Å². The minimum atomic E-state index is -1.69. The van der Waals surface area contributed by atoms with Crippen LogP contribution in [0.2, 0.25) is 0 Å². The summed E-state index contributed by atoms with van der Waals surface area (Å²) in [6.45, 7) is 10.0. The number of cyclic esters (lactones) is 1. The zero-order valence-electron chi connectivity index (χ0n) is 40.7. The summed E-state index contributed by atoms with van der Waals surface area (Å²) in [5.41, 5.74) is 0.602. The molecule has 0 bridgehead atoms. The SMILES string of the molecule is CCCCCC/C=C\CC(=O)N[C@@H](CO)C(=O)N[C@H](C(=O)N[C@@H](CO)[C@@H](O)CC(=O)N[C@H](C(=O)N[C@@H]1C=CC(=O)N[C@@H](C(C)C)C(=O)N(C)[C@@H](Cc2ccc(O)cc2)C(=O)OC1)C(C)C)C(C)C. The summed E-state index contributed by atoms with van der Waals surface area (Å²) in [6.07, 6.45) is 8.67. The van der Waals surface area contributed by atoms with E-state index < -0.39 is 134 Å². The van der Waals surface area contributed by atoms with Crippen LogP contribution in [0.4, 0.5) is 0 Å². The van der Waals surface area contributed by atoms with Gasteiger partial charge in [0.05, 0.1) is 37.8 Å². The quantitative estimate of drug-likeness (QED) is 0.0361. The molecule has 0 saturated heterocycles. The number of benzene rings is 1. The fourth-order valence-electron chi connectivity index (χ4n) is 7.08. The van der Waals surface area contributed by atoms with Gasteiger partial charge in [0.2, 0.25) is 41.4 Å². The second-order valence-electron chi connectivity index (χ2n) is 18.1. The number of hydrogen-bond donors (Lipinski definition) is 10. The van der Waals surface area contributed by atoms with E-state index in [1.807, 2.05) is 6.08 Å². The lowest BCUT2D eigenvalue weighted by molar-refractivity contribution is -0.156. The number of phenolic OH excluding ortho intramolecular Hbond substituents is 1. The highest BCUT2D eigenvalue weighted by Gasteiger charge is 2.37. The highest BCUT2D eigenvalue weighted by molar-refractivity contribution is 5.95. The number of unbranched alkanes of at least 4 members (excludes halogenated alkanes) is 4. The van der Waals surface area contributed by atoms with Crippen molar-refractivity contribution in [2.75, 3.05) is 26.9 Å². The number of nitrogens with one attached hydrogen (secondary N) is 6. The van der Waals surface area contributed by atoms with Crippen molar-refractivity contribution in [1.82, 2.24) is 36.8 Å². The molecule has 68 heavy (non-hydrogen) atoms. The summed E-state index contributed by atoms with van der Waals surface area (Å²) < 4.78 is 5.63. The van der Waals surface area contributed by atoms with Crippen molar-refractivity contribution >= 4 is 47.3 Å². The zero-order valence-corrected chi connectivity index (χ0v) is 40.7. The first-order valence-electron chi connectivity index (χ1n) is 23.4. The van der Waals surface area contributed by atoms with Gasteiger partial charge < -0.3 is 62.0 Å². The Morgan fingerprint density at radius 2 is 1.47 bits per heavy atom. The van der Waals surface area contributed by atoms with Crippen LogP contribution in [0.3, 0.4) is 0 Å². The number of ether oxygens (including phenoxy) is 1. The van der Waals surface area contributed by atoms with Gasteiger partial charge >= 0.3 is 5.97 Å². The molecule has 8 atom stereocenters. The normalized spacial score (nSPS) is 19.2. The summed E-state index contributed by atoms with van der Waals surface area (Å²) >= 11 is 0. The Kier molecular flexibility index (Phi) is 25.5. The monoisotopic (exact) mass is 958 g/mol. The van der Waals surface area contributed by atoms with Crippen LogP contribution in [0.15, 0.2) is 48.6 Å². The Hall–Kier alpha value is -5.86. The molecule has 0 aromatic heterocycles. The van der Waals surface area contributed by atoms with Crippen molar-refractivity contribution in [3.8, 4) is 5.75 Å². The van der Waals surface area contributed by atoms with E-state index in [-0.39, 0.29) is 24.5 Å². The predicted molar refractivity (Wildman–Crippen MR) is 252 cm³/mol. The predicted octanol–water partition coefficient (Wildman–Crippen LogP) is 0.404.